The summed E-state index contributed by atoms with van der Waals surface area (Å²) in [6.45, 7) is 1.09. The van der Waals surface area contributed by atoms with Crippen molar-refractivity contribution in [2.45, 2.75) is 18.9 Å². The van der Waals surface area contributed by atoms with Gasteiger partial charge < -0.3 is 14.4 Å². The van der Waals surface area contributed by atoms with Crippen molar-refractivity contribution in [2.24, 2.45) is 0 Å². The summed E-state index contributed by atoms with van der Waals surface area (Å²) in [5.74, 6) is 1.41. The molecule has 30 heavy (non-hydrogen) atoms. The third-order valence-corrected chi connectivity index (χ3v) is 5.22. The molecule has 10 heteroatoms. The molecule has 3 heterocycles. The maximum absolute atomic E-state index is 12.4. The number of nitrogens with zero attached hydrogens (tertiary/aromatic N) is 5. The highest BCUT2D eigenvalue weighted by atomic mass is 35.5. The van der Waals surface area contributed by atoms with Crippen LogP contribution in [0.4, 0.5) is 0 Å². The Morgan fingerprint density at radius 1 is 1.13 bits per heavy atom. The zero-order chi connectivity index (χ0) is 20.9. The molecule has 0 spiro atoms. The number of carbonyl (C=O) groups excluding carboxylic acids is 1. The molecule has 1 saturated heterocycles. The molecule has 0 bridgehead atoms. The topological polar surface area (TPSA) is 82.4 Å². The third-order valence-electron chi connectivity index (χ3n) is 4.69. The van der Waals surface area contributed by atoms with Crippen LogP contribution in [0, 0.1) is 0 Å². The smallest absolute Gasteiger partial charge is 0.260 e. The maximum atomic E-state index is 12.4. The Hall–Kier alpha value is -2.84. The molecule has 1 aliphatic rings. The minimum absolute atomic E-state index is 0.0227. The molecule has 1 fully saturated rings. The molecule has 8 nitrogen and oxygen atoms in total. The number of likely N-dealkylation sites (tertiary alicyclic amines) is 1. The number of piperidine rings is 1. The van der Waals surface area contributed by atoms with Gasteiger partial charge >= 0.3 is 0 Å². The van der Waals surface area contributed by atoms with Gasteiger partial charge in [0.05, 0.1) is 5.02 Å². The van der Waals surface area contributed by atoms with E-state index in [0.717, 1.165) is 0 Å². The average Bonchev–Trinajstić information content (AvgIpc) is 3.29. The Bertz CT molecular complexity index is 990. The van der Waals surface area contributed by atoms with E-state index in [1.54, 1.807) is 52.3 Å². The second-order valence-corrected chi connectivity index (χ2v) is 7.59. The Kier molecular flexibility index (Phi) is 6.35. The zero-order valence-corrected chi connectivity index (χ0v) is 17.5. The van der Waals surface area contributed by atoms with E-state index in [9.17, 15) is 4.79 Å². The minimum Gasteiger partial charge on any atom is -0.482 e. The Morgan fingerprint density at radius 3 is 2.63 bits per heavy atom. The SMILES string of the molecule is O=C(COc1ccc(Cl)cc1Cl)N1CCC(Oc2ccc(-n3cccn3)nn2)CC1. The van der Waals surface area contributed by atoms with Crippen LogP contribution in [0.25, 0.3) is 5.82 Å². The van der Waals surface area contributed by atoms with Gasteiger partial charge in [-0.25, -0.2) is 4.68 Å². The van der Waals surface area contributed by atoms with Crippen molar-refractivity contribution in [1.82, 2.24) is 24.9 Å². The van der Waals surface area contributed by atoms with E-state index in [2.05, 4.69) is 15.3 Å². The second-order valence-electron chi connectivity index (χ2n) is 6.74. The predicted octanol–water partition coefficient (Wildman–Crippen LogP) is 3.42. The van der Waals surface area contributed by atoms with Gasteiger partial charge in [0.25, 0.3) is 5.91 Å². The van der Waals surface area contributed by atoms with Gasteiger partial charge in [-0.05, 0) is 30.3 Å². The monoisotopic (exact) mass is 447 g/mol. The number of halogens is 2. The highest BCUT2D eigenvalue weighted by Crippen LogP contribution is 2.27. The lowest BCUT2D eigenvalue weighted by molar-refractivity contribution is -0.135. The molecule has 0 atom stereocenters. The van der Waals surface area contributed by atoms with Crippen molar-refractivity contribution in [1.29, 1.82) is 0 Å². The summed E-state index contributed by atoms with van der Waals surface area (Å²) in [4.78, 5) is 14.2. The normalized spacial score (nSPS) is 14.5. The third kappa shape index (κ3) is 5.01. The number of benzene rings is 1. The number of hydrogen-bond donors (Lipinski definition) is 0. The molecule has 1 aromatic carbocycles. The molecule has 156 valence electrons. The van der Waals surface area contributed by atoms with Gasteiger partial charge in [0.1, 0.15) is 11.9 Å². The van der Waals surface area contributed by atoms with Crippen molar-refractivity contribution >= 4 is 29.1 Å². The van der Waals surface area contributed by atoms with E-state index in [0.29, 0.717) is 53.4 Å². The fourth-order valence-corrected chi connectivity index (χ4v) is 3.58. The number of hydrogen-bond acceptors (Lipinski definition) is 6. The van der Waals surface area contributed by atoms with E-state index in [-0.39, 0.29) is 18.6 Å². The van der Waals surface area contributed by atoms with Gasteiger partial charge in [-0.1, -0.05) is 23.2 Å². The zero-order valence-electron chi connectivity index (χ0n) is 15.9. The molecule has 0 N–H and O–H groups in total. The van der Waals surface area contributed by atoms with Crippen molar-refractivity contribution in [3.05, 3.63) is 58.8 Å². The Morgan fingerprint density at radius 2 is 1.97 bits per heavy atom. The van der Waals surface area contributed by atoms with Crippen LogP contribution in [0.3, 0.4) is 0 Å². The molecule has 0 saturated carbocycles. The van der Waals surface area contributed by atoms with E-state index in [1.807, 2.05) is 6.07 Å². The second kappa shape index (κ2) is 9.32. The van der Waals surface area contributed by atoms with Gasteiger partial charge in [-0.2, -0.15) is 5.10 Å². The van der Waals surface area contributed by atoms with E-state index < -0.39 is 0 Å². The summed E-state index contributed by atoms with van der Waals surface area (Å²) < 4.78 is 13.1. The summed E-state index contributed by atoms with van der Waals surface area (Å²) in [7, 11) is 0. The molecule has 4 rings (SSSR count). The first kappa shape index (κ1) is 20.4. The molecule has 1 aliphatic heterocycles. The van der Waals surface area contributed by atoms with Gasteiger partial charge in [0.2, 0.25) is 5.88 Å². The van der Waals surface area contributed by atoms with E-state index in [1.165, 1.54) is 0 Å². The average molecular weight is 448 g/mol. The fraction of sp³-hybridized carbons (Fsp3) is 0.300. The Balaban J connectivity index is 1.24. The summed E-state index contributed by atoms with van der Waals surface area (Å²) >= 11 is 11.9. The summed E-state index contributed by atoms with van der Waals surface area (Å²) in [5.41, 5.74) is 0. The highest BCUT2D eigenvalue weighted by molar-refractivity contribution is 6.35. The largest absolute Gasteiger partial charge is 0.482 e. The lowest BCUT2D eigenvalue weighted by atomic mass is 10.1. The quantitative estimate of drug-likeness (QED) is 0.575. The number of ether oxygens (including phenoxy) is 2. The molecular formula is C20H19Cl2N5O3. The van der Waals surface area contributed by atoms with Gasteiger partial charge in [0.15, 0.2) is 12.4 Å². The van der Waals surface area contributed by atoms with Crippen LogP contribution in [0.1, 0.15) is 12.8 Å². The highest BCUT2D eigenvalue weighted by Gasteiger charge is 2.24. The van der Waals surface area contributed by atoms with Gasteiger partial charge in [-0.3, -0.25) is 4.79 Å². The van der Waals surface area contributed by atoms with Crippen LogP contribution in [-0.4, -0.2) is 56.6 Å². The van der Waals surface area contributed by atoms with Crippen LogP contribution in [0.2, 0.25) is 10.0 Å². The van der Waals surface area contributed by atoms with Crippen molar-refractivity contribution in [3.8, 4) is 17.4 Å². The lowest BCUT2D eigenvalue weighted by Crippen LogP contribution is -2.43. The fourth-order valence-electron chi connectivity index (χ4n) is 3.12. The summed E-state index contributed by atoms with van der Waals surface area (Å²) in [6, 6.07) is 10.3. The first-order chi connectivity index (χ1) is 14.6. The van der Waals surface area contributed by atoms with Crippen molar-refractivity contribution < 1.29 is 14.3 Å². The molecule has 0 unspecified atom stereocenters. The van der Waals surface area contributed by atoms with Crippen LogP contribution >= 0.6 is 23.2 Å². The van der Waals surface area contributed by atoms with Crippen LogP contribution in [-0.2, 0) is 4.79 Å². The molecule has 3 aromatic rings. The maximum Gasteiger partial charge on any atom is 0.260 e. The number of aromatic nitrogens is 4. The van der Waals surface area contributed by atoms with Crippen LogP contribution in [0.15, 0.2) is 48.8 Å². The standard InChI is InChI=1S/C20H19Cl2N5O3/c21-14-2-3-17(16(22)12-14)29-13-20(28)26-10-6-15(7-11-26)30-19-5-4-18(24-25-19)27-9-1-8-23-27/h1-5,8-9,12,15H,6-7,10-11,13H2. The lowest BCUT2D eigenvalue weighted by Gasteiger charge is -2.31. The molecular weight excluding hydrogens is 429 g/mol. The van der Waals surface area contributed by atoms with E-state index in [4.69, 9.17) is 32.7 Å². The number of rotatable bonds is 6. The molecule has 0 radical (unpaired) electrons. The van der Waals surface area contributed by atoms with Gasteiger partial charge in [-0.15, -0.1) is 10.2 Å². The number of amides is 1. The predicted molar refractivity (Wildman–Crippen MR) is 111 cm³/mol. The molecule has 2 aromatic heterocycles. The first-order valence-electron chi connectivity index (χ1n) is 9.44. The van der Waals surface area contributed by atoms with Crippen LogP contribution in [0.5, 0.6) is 11.6 Å². The molecule has 0 aliphatic carbocycles. The molecule has 1 amide bonds. The van der Waals surface area contributed by atoms with Gasteiger partial charge in [0, 0.05) is 49.4 Å². The number of carbonyl (C=O) groups is 1. The van der Waals surface area contributed by atoms with Crippen LogP contribution < -0.4 is 9.47 Å². The summed E-state index contributed by atoms with van der Waals surface area (Å²) in [5, 5.41) is 13.2. The Labute approximate surface area is 183 Å². The van der Waals surface area contributed by atoms with Crippen molar-refractivity contribution in [3.63, 3.8) is 0 Å². The summed E-state index contributed by atoms with van der Waals surface area (Å²) in [6.07, 6.45) is 4.86. The minimum atomic E-state index is -0.0946. The first-order valence-corrected chi connectivity index (χ1v) is 10.2. The van der Waals surface area contributed by atoms with E-state index >= 15 is 0 Å². The van der Waals surface area contributed by atoms with Crippen molar-refractivity contribution in [2.75, 3.05) is 19.7 Å².